The first-order valence-corrected chi connectivity index (χ1v) is 8.91. The Kier molecular flexibility index (Phi) is 4.34. The third-order valence-electron chi connectivity index (χ3n) is 5.27. The zero-order valence-electron chi connectivity index (χ0n) is 13.9. The molecule has 5 heteroatoms. The minimum atomic E-state index is 0.0249. The summed E-state index contributed by atoms with van der Waals surface area (Å²) in [7, 11) is 0. The van der Waals surface area contributed by atoms with Crippen molar-refractivity contribution in [2.24, 2.45) is 0 Å². The number of rotatable bonds is 3. The number of amides is 1. The predicted octanol–water partition coefficient (Wildman–Crippen LogP) is 2.09. The molecule has 4 rings (SSSR count). The lowest BCUT2D eigenvalue weighted by molar-refractivity contribution is 0.0930. The van der Waals surface area contributed by atoms with Gasteiger partial charge >= 0.3 is 0 Å². The van der Waals surface area contributed by atoms with E-state index in [2.05, 4.69) is 32.3 Å². The van der Waals surface area contributed by atoms with Gasteiger partial charge in [0.15, 0.2) is 0 Å². The lowest BCUT2D eigenvalue weighted by Gasteiger charge is -2.25. The van der Waals surface area contributed by atoms with Crippen molar-refractivity contribution in [1.29, 1.82) is 0 Å². The minimum Gasteiger partial charge on any atom is -0.349 e. The smallest absolute Gasteiger partial charge is 0.251 e. The number of benzene rings is 1. The van der Waals surface area contributed by atoms with Crippen molar-refractivity contribution >= 4 is 5.91 Å². The van der Waals surface area contributed by atoms with E-state index >= 15 is 0 Å². The Morgan fingerprint density at radius 3 is 2.75 bits per heavy atom. The summed E-state index contributed by atoms with van der Waals surface area (Å²) in [6.45, 7) is 3.10. The van der Waals surface area contributed by atoms with Crippen LogP contribution < -0.4 is 10.6 Å². The van der Waals surface area contributed by atoms with Gasteiger partial charge in [-0.25, -0.2) is 4.98 Å². The maximum atomic E-state index is 12.5. The third kappa shape index (κ3) is 3.22. The summed E-state index contributed by atoms with van der Waals surface area (Å²) in [5.74, 6) is 1.71. The molecule has 3 heterocycles. The van der Waals surface area contributed by atoms with Crippen molar-refractivity contribution in [3.63, 3.8) is 0 Å². The second kappa shape index (κ2) is 6.77. The van der Waals surface area contributed by atoms with Crippen LogP contribution in [-0.4, -0.2) is 34.6 Å². The highest BCUT2D eigenvalue weighted by atomic mass is 16.1. The molecular weight excluding hydrogens is 300 g/mol. The van der Waals surface area contributed by atoms with Gasteiger partial charge in [-0.2, -0.15) is 0 Å². The number of hydrogen-bond donors (Lipinski definition) is 2. The number of aryl methyl sites for hydroxylation is 1. The van der Waals surface area contributed by atoms with E-state index in [0.717, 1.165) is 43.9 Å². The molecule has 2 aliphatic rings. The molecule has 126 valence electrons. The summed E-state index contributed by atoms with van der Waals surface area (Å²) in [4.78, 5) is 16.9. The van der Waals surface area contributed by atoms with Crippen LogP contribution in [-0.2, 0) is 13.0 Å². The molecule has 1 amide bonds. The molecule has 2 aromatic rings. The summed E-state index contributed by atoms with van der Waals surface area (Å²) in [6, 6.07) is 8.36. The average molecular weight is 324 g/mol. The molecular formula is C19H24N4O. The maximum Gasteiger partial charge on any atom is 0.251 e. The Balaban J connectivity index is 1.38. The first-order valence-electron chi connectivity index (χ1n) is 8.91. The van der Waals surface area contributed by atoms with Gasteiger partial charge in [-0.15, -0.1) is 0 Å². The standard InChI is InChI=1S/C19H24N4O/c24-19(22-17-7-11-23-12-10-21-18(23)13-17)16-3-1-14(2-4-16)15-5-8-20-9-6-15/h1-4,10,12,15,17,20H,5-9,11,13H2,(H,22,24). The highest BCUT2D eigenvalue weighted by molar-refractivity contribution is 5.94. The number of hydrogen-bond acceptors (Lipinski definition) is 3. The first-order chi connectivity index (χ1) is 11.8. The second-order valence-electron chi connectivity index (χ2n) is 6.85. The molecule has 24 heavy (non-hydrogen) atoms. The van der Waals surface area contributed by atoms with Gasteiger partial charge in [0.05, 0.1) is 0 Å². The Morgan fingerprint density at radius 1 is 1.17 bits per heavy atom. The van der Waals surface area contributed by atoms with Crippen LogP contribution in [0.15, 0.2) is 36.7 Å². The van der Waals surface area contributed by atoms with Crippen molar-refractivity contribution in [3.05, 3.63) is 53.6 Å². The SMILES string of the molecule is O=C(NC1CCn2ccnc2C1)c1ccc(C2CCNCC2)cc1. The Labute approximate surface area is 142 Å². The van der Waals surface area contributed by atoms with Crippen molar-refractivity contribution in [2.75, 3.05) is 13.1 Å². The Hall–Kier alpha value is -2.14. The van der Waals surface area contributed by atoms with E-state index in [1.54, 1.807) is 0 Å². The number of imidazole rings is 1. The van der Waals surface area contributed by atoms with Crippen LogP contribution in [0.2, 0.25) is 0 Å². The van der Waals surface area contributed by atoms with Gasteiger partial charge in [-0.05, 0) is 56.0 Å². The van der Waals surface area contributed by atoms with Gasteiger partial charge in [0.25, 0.3) is 5.91 Å². The zero-order chi connectivity index (χ0) is 16.4. The van der Waals surface area contributed by atoms with E-state index in [-0.39, 0.29) is 11.9 Å². The van der Waals surface area contributed by atoms with Gasteiger partial charge in [0, 0.05) is 37.0 Å². The molecule has 2 N–H and O–H groups in total. The first kappa shape index (κ1) is 15.4. The van der Waals surface area contributed by atoms with Crippen LogP contribution in [0.4, 0.5) is 0 Å². The second-order valence-corrected chi connectivity index (χ2v) is 6.85. The molecule has 5 nitrogen and oxygen atoms in total. The van der Waals surface area contributed by atoms with E-state index in [4.69, 9.17) is 0 Å². The van der Waals surface area contributed by atoms with E-state index in [1.165, 1.54) is 18.4 Å². The number of nitrogens with zero attached hydrogens (tertiary/aromatic N) is 2. The highest BCUT2D eigenvalue weighted by Crippen LogP contribution is 2.25. The maximum absolute atomic E-state index is 12.5. The molecule has 1 saturated heterocycles. The Bertz CT molecular complexity index is 700. The summed E-state index contributed by atoms with van der Waals surface area (Å²) in [6.07, 6.45) is 7.97. The van der Waals surface area contributed by atoms with E-state index in [0.29, 0.717) is 5.92 Å². The molecule has 1 fully saturated rings. The van der Waals surface area contributed by atoms with Crippen LogP contribution in [0.25, 0.3) is 0 Å². The van der Waals surface area contributed by atoms with Gasteiger partial charge in [-0.3, -0.25) is 4.79 Å². The molecule has 0 saturated carbocycles. The number of carbonyl (C=O) groups excluding carboxylic acids is 1. The van der Waals surface area contributed by atoms with Gasteiger partial charge in [0.2, 0.25) is 0 Å². The van der Waals surface area contributed by atoms with E-state index < -0.39 is 0 Å². The fourth-order valence-corrected chi connectivity index (χ4v) is 3.80. The van der Waals surface area contributed by atoms with Crippen LogP contribution in [0, 0.1) is 0 Å². The molecule has 0 bridgehead atoms. The quantitative estimate of drug-likeness (QED) is 0.909. The van der Waals surface area contributed by atoms with E-state index in [9.17, 15) is 4.79 Å². The number of fused-ring (bicyclic) bond motifs is 1. The molecule has 1 unspecified atom stereocenters. The van der Waals surface area contributed by atoms with Crippen molar-refractivity contribution in [2.45, 2.75) is 44.2 Å². The number of nitrogens with one attached hydrogen (secondary N) is 2. The molecule has 0 spiro atoms. The fraction of sp³-hybridized carbons (Fsp3) is 0.474. The summed E-state index contributed by atoms with van der Waals surface area (Å²) < 4.78 is 2.16. The summed E-state index contributed by atoms with van der Waals surface area (Å²) in [5.41, 5.74) is 2.11. The highest BCUT2D eigenvalue weighted by Gasteiger charge is 2.21. The topological polar surface area (TPSA) is 59.0 Å². The Morgan fingerprint density at radius 2 is 1.96 bits per heavy atom. The van der Waals surface area contributed by atoms with Crippen molar-refractivity contribution < 1.29 is 4.79 Å². The predicted molar refractivity (Wildman–Crippen MR) is 93.1 cm³/mol. The molecule has 1 aromatic heterocycles. The van der Waals surface area contributed by atoms with Crippen molar-refractivity contribution in [1.82, 2.24) is 20.2 Å². The number of aromatic nitrogens is 2. The fourth-order valence-electron chi connectivity index (χ4n) is 3.80. The molecule has 0 radical (unpaired) electrons. The third-order valence-corrected chi connectivity index (χ3v) is 5.27. The molecule has 1 atom stereocenters. The largest absolute Gasteiger partial charge is 0.349 e. The minimum absolute atomic E-state index is 0.0249. The average Bonchev–Trinajstić information content (AvgIpc) is 3.10. The van der Waals surface area contributed by atoms with Crippen LogP contribution in [0.3, 0.4) is 0 Å². The molecule has 2 aliphatic heterocycles. The van der Waals surface area contributed by atoms with Crippen LogP contribution in [0.1, 0.15) is 46.9 Å². The molecule has 0 aliphatic carbocycles. The summed E-state index contributed by atoms with van der Waals surface area (Å²) in [5, 5.41) is 6.56. The number of carbonyl (C=O) groups is 1. The van der Waals surface area contributed by atoms with E-state index in [1.807, 2.05) is 24.5 Å². The van der Waals surface area contributed by atoms with Crippen molar-refractivity contribution in [3.8, 4) is 0 Å². The van der Waals surface area contributed by atoms with Crippen LogP contribution >= 0.6 is 0 Å². The van der Waals surface area contributed by atoms with Gasteiger partial charge < -0.3 is 15.2 Å². The normalized spacial score (nSPS) is 21.2. The monoisotopic (exact) mass is 324 g/mol. The number of piperidine rings is 1. The molecule has 1 aromatic carbocycles. The van der Waals surface area contributed by atoms with Gasteiger partial charge in [-0.1, -0.05) is 12.1 Å². The van der Waals surface area contributed by atoms with Gasteiger partial charge in [0.1, 0.15) is 5.82 Å². The lowest BCUT2D eigenvalue weighted by Crippen LogP contribution is -2.40. The lowest BCUT2D eigenvalue weighted by atomic mass is 9.90. The zero-order valence-corrected chi connectivity index (χ0v) is 13.9. The van der Waals surface area contributed by atoms with Crippen LogP contribution in [0.5, 0.6) is 0 Å². The summed E-state index contributed by atoms with van der Waals surface area (Å²) >= 11 is 0.